The van der Waals surface area contributed by atoms with Crippen LogP contribution in [0, 0.1) is 6.92 Å². The Morgan fingerprint density at radius 3 is 2.37 bits per heavy atom. The van der Waals surface area contributed by atoms with Crippen LogP contribution < -0.4 is 20.2 Å². The smallest absolute Gasteiger partial charge is 0.343 e. The molecule has 0 atom stereocenters. The van der Waals surface area contributed by atoms with Gasteiger partial charge in [0, 0.05) is 15.7 Å². The van der Waals surface area contributed by atoms with Crippen LogP contribution in [0.2, 0.25) is 10.0 Å². The predicted molar refractivity (Wildman–Crippen MR) is 135 cm³/mol. The summed E-state index contributed by atoms with van der Waals surface area (Å²) in [5, 5.41) is 7.21. The van der Waals surface area contributed by atoms with Crippen molar-refractivity contribution in [2.45, 2.75) is 13.8 Å². The number of hydrogen-bond acceptors (Lipinski definition) is 6. The highest BCUT2D eigenvalue weighted by molar-refractivity contribution is 6.40. The summed E-state index contributed by atoms with van der Waals surface area (Å²) in [6.07, 6.45) is 1.32. The number of aryl methyl sites for hydroxylation is 1. The molecule has 2 N–H and O–H groups in total. The molecule has 0 bridgehead atoms. The second-order valence-electron chi connectivity index (χ2n) is 7.15. The first-order chi connectivity index (χ1) is 16.8. The van der Waals surface area contributed by atoms with Gasteiger partial charge in [0.25, 0.3) is 0 Å². The Labute approximate surface area is 211 Å². The third-order valence-corrected chi connectivity index (χ3v) is 5.23. The van der Waals surface area contributed by atoms with Gasteiger partial charge < -0.3 is 14.8 Å². The summed E-state index contributed by atoms with van der Waals surface area (Å²) >= 11 is 11.9. The number of benzene rings is 3. The molecule has 3 aromatic carbocycles. The molecule has 3 aromatic rings. The van der Waals surface area contributed by atoms with Gasteiger partial charge in [0.2, 0.25) is 0 Å². The van der Waals surface area contributed by atoms with Gasteiger partial charge in [-0.05, 0) is 79.6 Å². The Bertz CT molecular complexity index is 1280. The highest BCUT2D eigenvalue weighted by Gasteiger charge is 2.15. The number of carbonyl (C=O) groups excluding carboxylic acids is 3. The number of hydrogen-bond donors (Lipinski definition) is 2. The normalized spacial score (nSPS) is 10.6. The van der Waals surface area contributed by atoms with Gasteiger partial charge in [0.1, 0.15) is 0 Å². The number of amides is 2. The molecule has 8 nitrogen and oxygen atoms in total. The minimum absolute atomic E-state index is 0.212. The van der Waals surface area contributed by atoms with Gasteiger partial charge in [-0.2, -0.15) is 5.10 Å². The van der Waals surface area contributed by atoms with Gasteiger partial charge in [-0.3, -0.25) is 9.59 Å². The zero-order valence-corrected chi connectivity index (χ0v) is 20.3. The summed E-state index contributed by atoms with van der Waals surface area (Å²) in [5.74, 6) is -1.92. The van der Waals surface area contributed by atoms with Crippen molar-refractivity contribution in [3.8, 4) is 11.5 Å². The van der Waals surface area contributed by atoms with Crippen LogP contribution >= 0.6 is 23.2 Å². The predicted octanol–water partition coefficient (Wildman–Crippen LogP) is 5.01. The monoisotopic (exact) mass is 513 g/mol. The third-order valence-electron chi connectivity index (χ3n) is 4.57. The van der Waals surface area contributed by atoms with E-state index in [1.165, 1.54) is 12.3 Å². The molecule has 0 spiro atoms. The number of esters is 1. The van der Waals surface area contributed by atoms with Crippen LogP contribution in [0.15, 0.2) is 65.8 Å². The fourth-order valence-corrected chi connectivity index (χ4v) is 3.08. The largest absolute Gasteiger partial charge is 0.490 e. The summed E-state index contributed by atoms with van der Waals surface area (Å²) < 4.78 is 11.0. The molecule has 10 heteroatoms. The van der Waals surface area contributed by atoms with Gasteiger partial charge in [-0.15, -0.1) is 0 Å². The number of ether oxygens (including phenoxy) is 2. The Morgan fingerprint density at radius 2 is 1.69 bits per heavy atom. The van der Waals surface area contributed by atoms with Crippen LogP contribution in [-0.4, -0.2) is 30.6 Å². The van der Waals surface area contributed by atoms with E-state index >= 15 is 0 Å². The maximum atomic E-state index is 12.4. The van der Waals surface area contributed by atoms with Crippen molar-refractivity contribution in [1.82, 2.24) is 5.43 Å². The van der Waals surface area contributed by atoms with Crippen LogP contribution in [0.4, 0.5) is 5.69 Å². The summed E-state index contributed by atoms with van der Waals surface area (Å²) in [6.45, 7) is 3.93. The molecule has 180 valence electrons. The molecule has 2 amide bonds. The number of hydrazone groups is 1. The zero-order chi connectivity index (χ0) is 25.4. The van der Waals surface area contributed by atoms with Crippen molar-refractivity contribution in [1.29, 1.82) is 0 Å². The van der Waals surface area contributed by atoms with E-state index in [1.807, 2.05) is 6.92 Å². The molecule has 0 saturated carbocycles. The maximum absolute atomic E-state index is 12.4. The highest BCUT2D eigenvalue weighted by Crippen LogP contribution is 2.29. The molecule has 0 fully saturated rings. The van der Waals surface area contributed by atoms with E-state index in [2.05, 4.69) is 15.8 Å². The van der Waals surface area contributed by atoms with Crippen LogP contribution in [0.3, 0.4) is 0 Å². The van der Waals surface area contributed by atoms with E-state index < -0.39 is 17.8 Å². The molecule has 0 radical (unpaired) electrons. The van der Waals surface area contributed by atoms with E-state index in [1.54, 1.807) is 61.5 Å². The van der Waals surface area contributed by atoms with Crippen LogP contribution in [0.25, 0.3) is 0 Å². The number of carbonyl (C=O) groups is 3. The lowest BCUT2D eigenvalue weighted by Gasteiger charge is -2.11. The van der Waals surface area contributed by atoms with Crippen molar-refractivity contribution in [2.24, 2.45) is 5.10 Å². The average molecular weight is 514 g/mol. The standard InChI is InChI=1S/C25H21Cl2N3O5/c1-3-34-22-12-16(5-11-21(22)35-25(33)17-6-8-18(26)9-7-17)14-28-30-24(32)23(31)29-19-10-4-15(2)20(27)13-19/h4-14H,3H2,1-2H3,(H,29,31)(H,30,32)/b28-14-. The summed E-state index contributed by atoms with van der Waals surface area (Å²) in [7, 11) is 0. The van der Waals surface area contributed by atoms with E-state index in [0.29, 0.717) is 39.2 Å². The lowest BCUT2D eigenvalue weighted by Crippen LogP contribution is -2.32. The number of anilines is 1. The number of rotatable bonds is 7. The van der Waals surface area contributed by atoms with Crippen LogP contribution in [0.5, 0.6) is 11.5 Å². The topological polar surface area (TPSA) is 106 Å². The minimum Gasteiger partial charge on any atom is -0.490 e. The maximum Gasteiger partial charge on any atom is 0.343 e. The Morgan fingerprint density at radius 1 is 0.943 bits per heavy atom. The first-order valence-corrected chi connectivity index (χ1v) is 11.2. The average Bonchev–Trinajstić information content (AvgIpc) is 2.83. The molecule has 35 heavy (non-hydrogen) atoms. The van der Waals surface area contributed by atoms with Crippen LogP contribution in [0.1, 0.15) is 28.4 Å². The fourth-order valence-electron chi connectivity index (χ4n) is 2.78. The van der Waals surface area contributed by atoms with E-state index in [-0.39, 0.29) is 5.75 Å². The molecule has 0 aliphatic heterocycles. The highest BCUT2D eigenvalue weighted by atomic mass is 35.5. The number of nitrogens with one attached hydrogen (secondary N) is 2. The summed E-state index contributed by atoms with van der Waals surface area (Å²) in [4.78, 5) is 36.5. The van der Waals surface area contributed by atoms with Gasteiger partial charge in [0.05, 0.1) is 18.4 Å². The Kier molecular flexibility index (Phi) is 8.83. The van der Waals surface area contributed by atoms with E-state index in [9.17, 15) is 14.4 Å². The molecule has 0 unspecified atom stereocenters. The Balaban J connectivity index is 1.63. The molecular formula is C25H21Cl2N3O5. The van der Waals surface area contributed by atoms with Crippen molar-refractivity contribution >= 4 is 52.9 Å². The number of halogens is 2. The molecular weight excluding hydrogens is 493 g/mol. The molecule has 0 aromatic heterocycles. The van der Waals surface area contributed by atoms with Crippen molar-refractivity contribution in [3.63, 3.8) is 0 Å². The van der Waals surface area contributed by atoms with Crippen molar-refractivity contribution in [3.05, 3.63) is 87.4 Å². The second-order valence-corrected chi connectivity index (χ2v) is 8.00. The quantitative estimate of drug-likeness (QED) is 0.152. The summed E-state index contributed by atoms with van der Waals surface area (Å²) in [5.41, 5.74) is 4.24. The Hall–Kier alpha value is -3.88. The van der Waals surface area contributed by atoms with Gasteiger partial charge in [-0.25, -0.2) is 10.2 Å². The molecule has 0 aliphatic carbocycles. The van der Waals surface area contributed by atoms with Gasteiger partial charge in [-0.1, -0.05) is 29.3 Å². The first kappa shape index (κ1) is 25.7. The summed E-state index contributed by atoms with van der Waals surface area (Å²) in [6, 6.07) is 15.9. The molecule has 0 heterocycles. The number of nitrogens with zero attached hydrogens (tertiary/aromatic N) is 1. The molecule has 0 aliphatic rings. The lowest BCUT2D eigenvalue weighted by atomic mass is 10.2. The SMILES string of the molecule is CCOc1cc(/C=N\NC(=O)C(=O)Nc2ccc(C)c(Cl)c2)ccc1OC(=O)c1ccc(Cl)cc1. The third kappa shape index (κ3) is 7.30. The minimum atomic E-state index is -0.962. The van der Waals surface area contributed by atoms with E-state index in [0.717, 1.165) is 5.56 Å². The lowest BCUT2D eigenvalue weighted by molar-refractivity contribution is -0.136. The zero-order valence-electron chi connectivity index (χ0n) is 18.8. The first-order valence-electron chi connectivity index (χ1n) is 10.4. The van der Waals surface area contributed by atoms with Crippen molar-refractivity contribution < 1.29 is 23.9 Å². The molecule has 0 saturated heterocycles. The van der Waals surface area contributed by atoms with Gasteiger partial charge in [0.15, 0.2) is 11.5 Å². The fraction of sp³-hybridized carbons (Fsp3) is 0.120. The van der Waals surface area contributed by atoms with Crippen molar-refractivity contribution in [2.75, 3.05) is 11.9 Å². The van der Waals surface area contributed by atoms with Crippen LogP contribution in [-0.2, 0) is 9.59 Å². The molecule has 3 rings (SSSR count). The van der Waals surface area contributed by atoms with Gasteiger partial charge >= 0.3 is 17.8 Å². The second kappa shape index (κ2) is 12.0. The van der Waals surface area contributed by atoms with E-state index in [4.69, 9.17) is 32.7 Å².